The van der Waals surface area contributed by atoms with E-state index >= 15 is 0 Å². The van der Waals surface area contributed by atoms with Crippen LogP contribution in [0.4, 0.5) is 0 Å². The molecule has 6 rings (SSSR count). The third-order valence-electron chi connectivity index (χ3n) is 9.28. The molecular formula is C39H40. The van der Waals surface area contributed by atoms with Gasteiger partial charge in [-0.1, -0.05) is 123 Å². The predicted octanol–water partition coefficient (Wildman–Crippen LogP) is 10.6. The summed E-state index contributed by atoms with van der Waals surface area (Å²) in [4.78, 5) is 0. The Morgan fingerprint density at radius 3 is 2.49 bits per heavy atom. The van der Waals surface area contributed by atoms with E-state index in [4.69, 9.17) is 6.58 Å². The van der Waals surface area contributed by atoms with E-state index in [-0.39, 0.29) is 11.8 Å². The first-order chi connectivity index (χ1) is 18.9. The van der Waals surface area contributed by atoms with Crippen molar-refractivity contribution in [3.63, 3.8) is 0 Å². The molecule has 3 aliphatic carbocycles. The van der Waals surface area contributed by atoms with Gasteiger partial charge in [0.15, 0.2) is 0 Å². The number of benzene rings is 3. The molecule has 196 valence electrons. The van der Waals surface area contributed by atoms with Gasteiger partial charge in [-0.25, -0.2) is 0 Å². The van der Waals surface area contributed by atoms with E-state index in [1.807, 2.05) is 0 Å². The molecule has 0 radical (unpaired) electrons. The van der Waals surface area contributed by atoms with E-state index in [0.29, 0.717) is 0 Å². The van der Waals surface area contributed by atoms with Crippen LogP contribution in [0.3, 0.4) is 0 Å². The summed E-state index contributed by atoms with van der Waals surface area (Å²) in [5.41, 5.74) is 17.0. The quantitative estimate of drug-likeness (QED) is 0.311. The predicted molar refractivity (Wildman–Crippen MR) is 169 cm³/mol. The first-order valence-electron chi connectivity index (χ1n) is 14.7. The van der Waals surface area contributed by atoms with E-state index in [2.05, 4.69) is 107 Å². The van der Waals surface area contributed by atoms with Gasteiger partial charge in [0.05, 0.1) is 0 Å². The van der Waals surface area contributed by atoms with Crippen molar-refractivity contribution in [2.24, 2.45) is 5.92 Å². The van der Waals surface area contributed by atoms with Gasteiger partial charge in [-0.2, -0.15) is 0 Å². The Kier molecular flexibility index (Phi) is 6.67. The molecule has 0 N–H and O–H groups in total. The van der Waals surface area contributed by atoms with Gasteiger partial charge in [-0.15, -0.1) is 0 Å². The molecule has 0 aliphatic heterocycles. The molecule has 0 nitrogen and oxygen atoms in total. The SMILES string of the molecule is C=C(CCC)C1=C(C)C=C2CC(=CC3=C(C)Cc4ccccc43)C(=C)C2C1c1c(CC)ccc2ccccc12. The minimum atomic E-state index is 0.245. The highest BCUT2D eigenvalue weighted by molar-refractivity contribution is 5.89. The lowest BCUT2D eigenvalue weighted by Gasteiger charge is -2.36. The fraction of sp³-hybridized carbons (Fsp3) is 0.282. The minimum absolute atomic E-state index is 0.245. The lowest BCUT2D eigenvalue weighted by Crippen LogP contribution is -2.22. The van der Waals surface area contributed by atoms with Crippen LogP contribution in [0.15, 0.2) is 125 Å². The molecule has 0 amide bonds. The Balaban J connectivity index is 1.53. The molecule has 2 unspecified atom stereocenters. The maximum Gasteiger partial charge on any atom is 0.0210 e. The van der Waals surface area contributed by atoms with Gasteiger partial charge in [-0.3, -0.25) is 0 Å². The van der Waals surface area contributed by atoms with Crippen LogP contribution in [0.2, 0.25) is 0 Å². The molecular weight excluding hydrogens is 468 g/mol. The zero-order chi connectivity index (χ0) is 27.3. The molecule has 3 aliphatic rings. The summed E-state index contributed by atoms with van der Waals surface area (Å²) in [6.07, 6.45) is 10.1. The molecule has 0 aromatic heterocycles. The second-order valence-corrected chi connectivity index (χ2v) is 11.7. The number of allylic oxidation sites excluding steroid dienone is 10. The summed E-state index contributed by atoms with van der Waals surface area (Å²) in [6, 6.07) is 22.5. The largest absolute Gasteiger partial charge is 0.0955 e. The molecule has 1 saturated carbocycles. The summed E-state index contributed by atoms with van der Waals surface area (Å²) in [5.74, 6) is 0.520. The van der Waals surface area contributed by atoms with Crippen molar-refractivity contribution in [2.45, 2.75) is 65.7 Å². The summed E-state index contributed by atoms with van der Waals surface area (Å²) in [7, 11) is 0. The van der Waals surface area contributed by atoms with Crippen molar-refractivity contribution in [1.29, 1.82) is 0 Å². The molecule has 0 bridgehead atoms. The standard InChI is InChI=1S/C39H40/c1-7-13-24(3)36-26(5)21-32-22-31(23-35-25(4)20-30-15-10-11-16-33(30)35)27(6)37(32)39(36)38-28(8-2)18-19-29-14-9-12-17-34(29)38/h9-12,14-19,21,23,37,39H,3,6-8,13,20,22H2,1-2,4-5H3. The summed E-state index contributed by atoms with van der Waals surface area (Å²) >= 11 is 0. The zero-order valence-corrected chi connectivity index (χ0v) is 24.0. The number of hydrogen-bond donors (Lipinski definition) is 0. The number of aryl methyl sites for hydroxylation is 1. The van der Waals surface area contributed by atoms with E-state index in [1.54, 1.807) is 0 Å². The van der Waals surface area contributed by atoms with Crippen LogP contribution < -0.4 is 0 Å². The fourth-order valence-corrected chi connectivity index (χ4v) is 7.52. The Labute approximate surface area is 234 Å². The van der Waals surface area contributed by atoms with Crippen LogP contribution in [-0.2, 0) is 12.8 Å². The summed E-state index contributed by atoms with van der Waals surface area (Å²) < 4.78 is 0. The van der Waals surface area contributed by atoms with E-state index in [0.717, 1.165) is 32.1 Å². The van der Waals surface area contributed by atoms with E-state index < -0.39 is 0 Å². The molecule has 1 fully saturated rings. The lowest BCUT2D eigenvalue weighted by atomic mass is 9.67. The van der Waals surface area contributed by atoms with Crippen LogP contribution >= 0.6 is 0 Å². The third kappa shape index (κ3) is 4.22. The topological polar surface area (TPSA) is 0 Å². The normalized spacial score (nSPS) is 21.6. The van der Waals surface area contributed by atoms with Crippen molar-refractivity contribution in [1.82, 2.24) is 0 Å². The molecule has 0 saturated heterocycles. The highest BCUT2D eigenvalue weighted by Gasteiger charge is 2.42. The average Bonchev–Trinajstić information content (AvgIpc) is 3.42. The van der Waals surface area contributed by atoms with Gasteiger partial charge in [0.1, 0.15) is 0 Å². The Morgan fingerprint density at radius 2 is 1.69 bits per heavy atom. The summed E-state index contributed by atoms with van der Waals surface area (Å²) in [5, 5.41) is 2.70. The fourth-order valence-electron chi connectivity index (χ4n) is 7.52. The van der Waals surface area contributed by atoms with Crippen molar-refractivity contribution >= 4 is 16.3 Å². The van der Waals surface area contributed by atoms with Gasteiger partial charge in [0, 0.05) is 11.8 Å². The molecule has 0 spiro atoms. The van der Waals surface area contributed by atoms with Crippen molar-refractivity contribution in [3.8, 4) is 0 Å². The van der Waals surface area contributed by atoms with Gasteiger partial charge < -0.3 is 0 Å². The average molecular weight is 509 g/mol. The van der Waals surface area contributed by atoms with Gasteiger partial charge in [-0.05, 0) is 100 Å². The Hall–Kier alpha value is -3.64. The van der Waals surface area contributed by atoms with Gasteiger partial charge in [0.2, 0.25) is 0 Å². The molecule has 39 heavy (non-hydrogen) atoms. The minimum Gasteiger partial charge on any atom is -0.0955 e. The smallest absolute Gasteiger partial charge is 0.0210 e. The summed E-state index contributed by atoms with van der Waals surface area (Å²) in [6.45, 7) is 18.7. The van der Waals surface area contributed by atoms with Crippen LogP contribution in [-0.4, -0.2) is 0 Å². The maximum absolute atomic E-state index is 4.84. The first-order valence-corrected chi connectivity index (χ1v) is 14.7. The number of rotatable bonds is 6. The third-order valence-corrected chi connectivity index (χ3v) is 9.28. The van der Waals surface area contributed by atoms with E-state index in [9.17, 15) is 0 Å². The molecule has 2 atom stereocenters. The van der Waals surface area contributed by atoms with Gasteiger partial charge in [0.25, 0.3) is 0 Å². The Bertz CT molecular complexity index is 1640. The molecule has 0 heteroatoms. The second-order valence-electron chi connectivity index (χ2n) is 11.7. The second kappa shape index (κ2) is 10.2. The molecule has 3 aromatic carbocycles. The van der Waals surface area contributed by atoms with Crippen LogP contribution in [0.5, 0.6) is 0 Å². The van der Waals surface area contributed by atoms with Crippen molar-refractivity contribution in [3.05, 3.63) is 147 Å². The Morgan fingerprint density at radius 1 is 0.923 bits per heavy atom. The van der Waals surface area contributed by atoms with E-state index in [1.165, 1.54) is 77.6 Å². The highest BCUT2D eigenvalue weighted by Crippen LogP contribution is 2.57. The van der Waals surface area contributed by atoms with Gasteiger partial charge >= 0.3 is 0 Å². The number of hydrogen-bond acceptors (Lipinski definition) is 0. The van der Waals surface area contributed by atoms with Crippen molar-refractivity contribution in [2.75, 3.05) is 0 Å². The zero-order valence-electron chi connectivity index (χ0n) is 24.0. The van der Waals surface area contributed by atoms with Crippen LogP contribution in [0.1, 0.15) is 75.1 Å². The van der Waals surface area contributed by atoms with Crippen LogP contribution in [0, 0.1) is 5.92 Å². The number of fused-ring (bicyclic) bond motifs is 3. The lowest BCUT2D eigenvalue weighted by molar-refractivity contribution is 0.618. The molecule has 0 heterocycles. The highest BCUT2D eigenvalue weighted by atomic mass is 14.5. The molecule has 3 aromatic rings. The van der Waals surface area contributed by atoms with Crippen LogP contribution in [0.25, 0.3) is 16.3 Å². The first kappa shape index (κ1) is 25.6. The monoisotopic (exact) mass is 508 g/mol. The maximum atomic E-state index is 4.84. The van der Waals surface area contributed by atoms with Crippen molar-refractivity contribution < 1.29 is 0 Å².